The largest absolute Gasteiger partial charge is 0.368 e. The Balaban J connectivity index is 2.01. The van der Waals surface area contributed by atoms with Gasteiger partial charge in [0.25, 0.3) is 0 Å². The van der Waals surface area contributed by atoms with Crippen molar-refractivity contribution in [1.82, 2.24) is 15.0 Å². The molecule has 5 nitrogen and oxygen atoms in total. The van der Waals surface area contributed by atoms with E-state index in [1.54, 1.807) is 18.5 Å². The minimum Gasteiger partial charge on any atom is -0.368 e. The van der Waals surface area contributed by atoms with Crippen molar-refractivity contribution < 1.29 is 0 Å². The zero-order chi connectivity index (χ0) is 13.0. The lowest BCUT2D eigenvalue weighted by atomic mass is 10.2. The first-order chi connectivity index (χ1) is 8.65. The molecule has 0 amide bonds. The zero-order valence-corrected chi connectivity index (χ0v) is 10.8. The topological polar surface area (TPSA) is 67.9 Å². The Labute approximate surface area is 111 Å². The summed E-state index contributed by atoms with van der Waals surface area (Å²) in [6, 6.07) is 5.69. The molecule has 0 radical (unpaired) electrons. The first-order valence-corrected chi connectivity index (χ1v) is 5.93. The average molecular weight is 264 g/mol. The second kappa shape index (κ2) is 5.64. The second-order valence-electron chi connectivity index (χ2n) is 3.93. The smallest absolute Gasteiger partial charge is 0.223 e. The van der Waals surface area contributed by atoms with Crippen LogP contribution in [0.1, 0.15) is 5.56 Å². The number of likely N-dealkylation sites (N-methyl/N-ethyl adjacent to an activating group) is 1. The highest BCUT2D eigenvalue weighted by molar-refractivity contribution is 6.29. The lowest BCUT2D eigenvalue weighted by Crippen LogP contribution is -2.22. The summed E-state index contributed by atoms with van der Waals surface area (Å²) in [7, 11) is 1.94. The maximum absolute atomic E-state index is 5.85. The molecule has 18 heavy (non-hydrogen) atoms. The van der Waals surface area contributed by atoms with Crippen molar-refractivity contribution in [3.05, 3.63) is 41.3 Å². The van der Waals surface area contributed by atoms with Crippen LogP contribution in [0, 0.1) is 0 Å². The van der Waals surface area contributed by atoms with Gasteiger partial charge in [-0.1, -0.05) is 11.6 Å². The summed E-state index contributed by atoms with van der Waals surface area (Å²) in [6.07, 6.45) is 4.48. The van der Waals surface area contributed by atoms with Gasteiger partial charge in [0.15, 0.2) is 0 Å². The van der Waals surface area contributed by atoms with Crippen LogP contribution in [0.3, 0.4) is 0 Å². The summed E-state index contributed by atoms with van der Waals surface area (Å²) >= 11 is 5.85. The fourth-order valence-corrected chi connectivity index (χ4v) is 1.76. The third-order valence-corrected chi connectivity index (χ3v) is 2.77. The Hall–Kier alpha value is -1.88. The van der Waals surface area contributed by atoms with Crippen LogP contribution < -0.4 is 10.6 Å². The molecule has 0 saturated heterocycles. The number of hydrogen-bond donors (Lipinski definition) is 1. The quantitative estimate of drug-likeness (QED) is 0.852. The molecule has 0 aromatic carbocycles. The lowest BCUT2D eigenvalue weighted by molar-refractivity contribution is 0.856. The molecule has 0 fully saturated rings. The molecular weight excluding hydrogens is 250 g/mol. The summed E-state index contributed by atoms with van der Waals surface area (Å²) in [6.45, 7) is 0.816. The van der Waals surface area contributed by atoms with Gasteiger partial charge < -0.3 is 10.6 Å². The monoisotopic (exact) mass is 263 g/mol. The molecular formula is C12H14ClN5. The Bertz CT molecular complexity index is 497. The summed E-state index contributed by atoms with van der Waals surface area (Å²) in [5, 5.41) is 0.355. The van der Waals surface area contributed by atoms with Crippen molar-refractivity contribution in [3.63, 3.8) is 0 Å². The number of anilines is 2. The van der Waals surface area contributed by atoms with E-state index < -0.39 is 0 Å². The third kappa shape index (κ3) is 3.30. The van der Waals surface area contributed by atoms with E-state index in [-0.39, 0.29) is 5.95 Å². The highest BCUT2D eigenvalue weighted by Gasteiger charge is 2.06. The van der Waals surface area contributed by atoms with Gasteiger partial charge in [0.1, 0.15) is 11.0 Å². The number of rotatable bonds is 4. The van der Waals surface area contributed by atoms with Crippen LogP contribution in [0.4, 0.5) is 11.8 Å². The molecule has 2 N–H and O–H groups in total. The van der Waals surface area contributed by atoms with E-state index in [0.29, 0.717) is 5.15 Å². The Morgan fingerprint density at radius 1 is 1.28 bits per heavy atom. The van der Waals surface area contributed by atoms with E-state index in [1.165, 1.54) is 5.56 Å². The van der Waals surface area contributed by atoms with Gasteiger partial charge >= 0.3 is 0 Å². The number of nitrogen functional groups attached to an aromatic ring is 1. The summed E-state index contributed by atoms with van der Waals surface area (Å²) in [5.74, 6) is 0.912. The van der Waals surface area contributed by atoms with E-state index >= 15 is 0 Å². The average Bonchev–Trinajstić information content (AvgIpc) is 2.36. The predicted octanol–water partition coefficient (Wildman–Crippen LogP) is 1.79. The number of aromatic nitrogens is 3. The van der Waals surface area contributed by atoms with Crippen molar-refractivity contribution in [2.75, 3.05) is 24.2 Å². The van der Waals surface area contributed by atoms with Gasteiger partial charge in [-0.2, -0.15) is 4.98 Å². The van der Waals surface area contributed by atoms with Gasteiger partial charge in [-0.15, -0.1) is 0 Å². The van der Waals surface area contributed by atoms with E-state index in [1.807, 2.05) is 24.1 Å². The Morgan fingerprint density at radius 3 is 2.67 bits per heavy atom. The molecule has 2 aromatic rings. The molecule has 2 aromatic heterocycles. The molecule has 6 heteroatoms. The number of nitrogens with two attached hydrogens (primary N) is 1. The molecule has 0 aliphatic carbocycles. The molecule has 2 heterocycles. The van der Waals surface area contributed by atoms with Crippen molar-refractivity contribution in [2.24, 2.45) is 0 Å². The van der Waals surface area contributed by atoms with Crippen LogP contribution in [0.2, 0.25) is 5.15 Å². The van der Waals surface area contributed by atoms with Gasteiger partial charge in [0, 0.05) is 32.1 Å². The third-order valence-electron chi connectivity index (χ3n) is 2.58. The summed E-state index contributed by atoms with van der Waals surface area (Å²) < 4.78 is 0. The van der Waals surface area contributed by atoms with E-state index in [0.717, 1.165) is 18.8 Å². The zero-order valence-electron chi connectivity index (χ0n) is 10.0. The molecule has 94 valence electrons. The number of hydrogen-bond acceptors (Lipinski definition) is 5. The van der Waals surface area contributed by atoms with Crippen LogP contribution in [-0.4, -0.2) is 28.5 Å². The summed E-state index contributed by atoms with van der Waals surface area (Å²) in [5.41, 5.74) is 6.79. The van der Waals surface area contributed by atoms with Crippen LogP contribution in [-0.2, 0) is 6.42 Å². The summed E-state index contributed by atoms with van der Waals surface area (Å²) in [4.78, 5) is 14.0. The minimum absolute atomic E-state index is 0.188. The van der Waals surface area contributed by atoms with Gasteiger partial charge in [0.2, 0.25) is 5.95 Å². The number of nitrogens with zero attached hydrogens (tertiary/aromatic N) is 4. The van der Waals surface area contributed by atoms with E-state index in [9.17, 15) is 0 Å². The van der Waals surface area contributed by atoms with Crippen molar-refractivity contribution >= 4 is 23.4 Å². The van der Waals surface area contributed by atoms with Crippen LogP contribution in [0.15, 0.2) is 30.6 Å². The molecule has 0 spiro atoms. The van der Waals surface area contributed by atoms with E-state index in [2.05, 4.69) is 15.0 Å². The van der Waals surface area contributed by atoms with Crippen molar-refractivity contribution in [1.29, 1.82) is 0 Å². The number of pyridine rings is 1. The fourth-order valence-electron chi connectivity index (χ4n) is 1.58. The Morgan fingerprint density at radius 2 is 2.00 bits per heavy atom. The van der Waals surface area contributed by atoms with Crippen LogP contribution in [0.25, 0.3) is 0 Å². The highest BCUT2D eigenvalue weighted by atomic mass is 35.5. The normalized spacial score (nSPS) is 10.3. The molecule has 0 unspecified atom stereocenters. The fraction of sp³-hybridized carbons (Fsp3) is 0.250. The first kappa shape index (κ1) is 12.6. The second-order valence-corrected chi connectivity index (χ2v) is 4.32. The lowest BCUT2D eigenvalue weighted by Gasteiger charge is -2.18. The van der Waals surface area contributed by atoms with Gasteiger partial charge in [0.05, 0.1) is 0 Å². The SMILES string of the molecule is CN(CCc1ccncc1)c1cc(Cl)nc(N)n1. The highest BCUT2D eigenvalue weighted by Crippen LogP contribution is 2.16. The molecule has 2 rings (SSSR count). The maximum atomic E-state index is 5.85. The van der Waals surface area contributed by atoms with Crippen molar-refractivity contribution in [2.45, 2.75) is 6.42 Å². The molecule has 0 aliphatic heterocycles. The van der Waals surface area contributed by atoms with Gasteiger partial charge in [-0.25, -0.2) is 4.98 Å². The van der Waals surface area contributed by atoms with Gasteiger partial charge in [-0.3, -0.25) is 4.98 Å². The van der Waals surface area contributed by atoms with Crippen molar-refractivity contribution in [3.8, 4) is 0 Å². The van der Waals surface area contributed by atoms with Crippen LogP contribution >= 0.6 is 11.6 Å². The van der Waals surface area contributed by atoms with Crippen LogP contribution in [0.5, 0.6) is 0 Å². The maximum Gasteiger partial charge on any atom is 0.223 e. The standard InChI is InChI=1S/C12H14ClN5/c1-18(7-4-9-2-5-15-6-3-9)11-8-10(13)16-12(14)17-11/h2-3,5-6,8H,4,7H2,1H3,(H2,14,16,17). The predicted molar refractivity (Wildman–Crippen MR) is 72.7 cm³/mol. The Kier molecular flexibility index (Phi) is 3.94. The number of halogens is 1. The minimum atomic E-state index is 0.188. The molecule has 0 bridgehead atoms. The molecule has 0 aliphatic rings. The molecule has 0 saturated carbocycles. The van der Waals surface area contributed by atoms with E-state index in [4.69, 9.17) is 17.3 Å². The molecule has 0 atom stereocenters. The van der Waals surface area contributed by atoms with Gasteiger partial charge in [-0.05, 0) is 24.1 Å². The first-order valence-electron chi connectivity index (χ1n) is 5.55.